The van der Waals surface area contributed by atoms with Gasteiger partial charge in [0.15, 0.2) is 0 Å². The number of hydrogen-bond acceptors (Lipinski definition) is 3. The van der Waals surface area contributed by atoms with Crippen molar-refractivity contribution in [2.75, 3.05) is 7.11 Å². The van der Waals surface area contributed by atoms with E-state index in [9.17, 15) is 4.79 Å². The minimum absolute atomic E-state index is 0. The van der Waals surface area contributed by atoms with Crippen LogP contribution in [0.3, 0.4) is 0 Å². The summed E-state index contributed by atoms with van der Waals surface area (Å²) in [6.07, 6.45) is 0.0799. The predicted octanol–water partition coefficient (Wildman–Crippen LogP) is 2.98. The molecule has 0 spiro atoms. The van der Waals surface area contributed by atoms with E-state index in [-0.39, 0.29) is 24.8 Å². The van der Waals surface area contributed by atoms with Gasteiger partial charge in [0.05, 0.1) is 23.6 Å². The van der Waals surface area contributed by atoms with Crippen molar-refractivity contribution in [1.29, 1.82) is 0 Å². The van der Waals surface area contributed by atoms with Crippen LogP contribution in [0.4, 0.5) is 0 Å². The summed E-state index contributed by atoms with van der Waals surface area (Å²) in [4.78, 5) is 11.0. The fraction of sp³-hybridized carbons (Fsp3) is 0.300. The first-order valence-corrected chi connectivity index (χ1v) is 5.08. The van der Waals surface area contributed by atoms with E-state index in [2.05, 4.69) is 4.74 Å². The van der Waals surface area contributed by atoms with Crippen LogP contribution in [0.25, 0.3) is 0 Å². The third-order valence-corrected chi connectivity index (χ3v) is 2.83. The summed E-state index contributed by atoms with van der Waals surface area (Å²) in [6, 6.07) is 4.64. The lowest BCUT2D eigenvalue weighted by molar-refractivity contribution is -0.141. The second-order valence-corrected chi connectivity index (χ2v) is 3.81. The molecule has 1 aromatic carbocycles. The van der Waals surface area contributed by atoms with Crippen LogP contribution in [0, 0.1) is 0 Å². The van der Waals surface area contributed by atoms with Crippen molar-refractivity contribution >= 4 is 41.6 Å². The van der Waals surface area contributed by atoms with Crippen LogP contribution < -0.4 is 5.73 Å². The smallest absolute Gasteiger partial charge is 0.307 e. The first-order chi connectivity index (χ1) is 7.06. The average Bonchev–Trinajstić information content (AvgIpc) is 2.21. The van der Waals surface area contributed by atoms with Crippen molar-refractivity contribution in [3.8, 4) is 0 Å². The van der Waals surface area contributed by atoms with Crippen molar-refractivity contribution < 1.29 is 9.53 Å². The standard InChI is InChI=1S/C10H11Cl2NO2.ClH/c1-15-9(14)5-8(13)6-3-2-4-7(11)10(6)12;/h2-4,8H,5,13H2,1H3;1H/t8-;/m1./s1. The van der Waals surface area contributed by atoms with Gasteiger partial charge in [0, 0.05) is 6.04 Å². The van der Waals surface area contributed by atoms with E-state index in [1.807, 2.05) is 0 Å². The lowest BCUT2D eigenvalue weighted by Crippen LogP contribution is -2.16. The maximum atomic E-state index is 11.0. The van der Waals surface area contributed by atoms with Gasteiger partial charge < -0.3 is 10.5 Å². The molecule has 0 bridgehead atoms. The van der Waals surface area contributed by atoms with E-state index in [1.54, 1.807) is 18.2 Å². The summed E-state index contributed by atoms with van der Waals surface area (Å²) >= 11 is 11.8. The molecule has 6 heteroatoms. The highest BCUT2D eigenvalue weighted by Crippen LogP contribution is 2.30. The first kappa shape index (κ1) is 15.5. The Bertz CT molecular complexity index is 371. The molecule has 90 valence electrons. The van der Waals surface area contributed by atoms with Gasteiger partial charge in [0.25, 0.3) is 0 Å². The van der Waals surface area contributed by atoms with Gasteiger partial charge in [-0.1, -0.05) is 35.3 Å². The molecule has 3 nitrogen and oxygen atoms in total. The van der Waals surface area contributed by atoms with Crippen LogP contribution in [0.5, 0.6) is 0 Å². The zero-order valence-electron chi connectivity index (χ0n) is 8.57. The fourth-order valence-electron chi connectivity index (χ4n) is 1.18. The minimum Gasteiger partial charge on any atom is -0.469 e. The maximum Gasteiger partial charge on any atom is 0.307 e. The van der Waals surface area contributed by atoms with E-state index in [0.717, 1.165) is 0 Å². The molecule has 0 aromatic heterocycles. The Kier molecular flexibility index (Phi) is 6.76. The molecular formula is C10H12Cl3NO2. The topological polar surface area (TPSA) is 52.3 Å². The molecule has 0 heterocycles. The van der Waals surface area contributed by atoms with Crippen molar-refractivity contribution in [3.05, 3.63) is 33.8 Å². The number of halogens is 3. The number of nitrogens with two attached hydrogens (primary N) is 1. The van der Waals surface area contributed by atoms with Crippen LogP contribution in [0.2, 0.25) is 10.0 Å². The molecule has 0 saturated carbocycles. The molecule has 0 radical (unpaired) electrons. The van der Waals surface area contributed by atoms with E-state index in [0.29, 0.717) is 15.6 Å². The van der Waals surface area contributed by atoms with Gasteiger partial charge in [-0.25, -0.2) is 0 Å². The Morgan fingerprint density at radius 1 is 1.50 bits per heavy atom. The molecular weight excluding hydrogens is 272 g/mol. The third kappa shape index (κ3) is 3.83. The molecule has 2 N–H and O–H groups in total. The Labute approximate surface area is 110 Å². The molecule has 1 atom stereocenters. The fourth-order valence-corrected chi connectivity index (χ4v) is 1.63. The maximum absolute atomic E-state index is 11.0. The number of esters is 1. The Hall–Kier alpha value is -0.480. The average molecular weight is 285 g/mol. The quantitative estimate of drug-likeness (QED) is 0.868. The molecule has 0 saturated heterocycles. The molecule has 1 rings (SSSR count). The summed E-state index contributed by atoms with van der Waals surface area (Å²) in [5.41, 5.74) is 6.45. The van der Waals surface area contributed by atoms with Gasteiger partial charge in [-0.2, -0.15) is 0 Å². The van der Waals surface area contributed by atoms with E-state index in [4.69, 9.17) is 28.9 Å². The van der Waals surface area contributed by atoms with E-state index >= 15 is 0 Å². The molecule has 0 fully saturated rings. The lowest BCUT2D eigenvalue weighted by atomic mass is 10.0. The lowest BCUT2D eigenvalue weighted by Gasteiger charge is -2.12. The van der Waals surface area contributed by atoms with E-state index < -0.39 is 6.04 Å². The van der Waals surface area contributed by atoms with E-state index in [1.165, 1.54) is 7.11 Å². The third-order valence-electron chi connectivity index (χ3n) is 2.00. The monoisotopic (exact) mass is 283 g/mol. The minimum atomic E-state index is -0.497. The Morgan fingerprint density at radius 2 is 2.12 bits per heavy atom. The van der Waals surface area contributed by atoms with Crippen molar-refractivity contribution in [1.82, 2.24) is 0 Å². The highest BCUT2D eigenvalue weighted by Gasteiger charge is 2.15. The number of carbonyl (C=O) groups excluding carboxylic acids is 1. The molecule has 1 aromatic rings. The molecule has 0 amide bonds. The zero-order chi connectivity index (χ0) is 11.4. The van der Waals surface area contributed by atoms with Crippen LogP contribution in [-0.2, 0) is 9.53 Å². The van der Waals surface area contributed by atoms with Crippen LogP contribution >= 0.6 is 35.6 Å². The SMILES string of the molecule is COC(=O)C[C@@H](N)c1cccc(Cl)c1Cl.Cl. The summed E-state index contributed by atoms with van der Waals surface area (Å²) in [5.74, 6) is -0.376. The summed E-state index contributed by atoms with van der Waals surface area (Å²) in [7, 11) is 1.31. The first-order valence-electron chi connectivity index (χ1n) is 4.32. The van der Waals surface area contributed by atoms with Crippen molar-refractivity contribution in [3.63, 3.8) is 0 Å². The highest BCUT2D eigenvalue weighted by molar-refractivity contribution is 6.42. The van der Waals surface area contributed by atoms with Gasteiger partial charge in [0.2, 0.25) is 0 Å². The van der Waals surface area contributed by atoms with Crippen LogP contribution in [0.15, 0.2) is 18.2 Å². The molecule has 0 aliphatic heterocycles. The second kappa shape index (κ2) is 6.97. The van der Waals surface area contributed by atoms with Gasteiger partial charge >= 0.3 is 5.97 Å². The summed E-state index contributed by atoms with van der Waals surface area (Å²) in [5, 5.41) is 0.810. The number of methoxy groups -OCH3 is 1. The largest absolute Gasteiger partial charge is 0.469 e. The molecule has 0 aliphatic carbocycles. The number of ether oxygens (including phenoxy) is 1. The van der Waals surface area contributed by atoms with Crippen molar-refractivity contribution in [2.24, 2.45) is 5.73 Å². The molecule has 16 heavy (non-hydrogen) atoms. The Morgan fingerprint density at radius 3 is 2.69 bits per heavy atom. The zero-order valence-corrected chi connectivity index (χ0v) is 10.9. The predicted molar refractivity (Wildman–Crippen MR) is 67.3 cm³/mol. The van der Waals surface area contributed by atoms with Gasteiger partial charge in [-0.05, 0) is 11.6 Å². The van der Waals surface area contributed by atoms with Crippen LogP contribution in [0.1, 0.15) is 18.0 Å². The highest BCUT2D eigenvalue weighted by atomic mass is 35.5. The number of carbonyl (C=O) groups is 1. The van der Waals surface area contributed by atoms with Gasteiger partial charge in [-0.3, -0.25) is 4.79 Å². The molecule has 0 aliphatic rings. The summed E-state index contributed by atoms with van der Waals surface area (Å²) in [6.45, 7) is 0. The number of rotatable bonds is 3. The Balaban J connectivity index is 0.00000225. The van der Waals surface area contributed by atoms with Crippen LogP contribution in [-0.4, -0.2) is 13.1 Å². The summed E-state index contributed by atoms with van der Waals surface area (Å²) < 4.78 is 4.52. The number of hydrogen-bond donors (Lipinski definition) is 1. The second-order valence-electron chi connectivity index (χ2n) is 3.03. The number of benzene rings is 1. The van der Waals surface area contributed by atoms with Gasteiger partial charge in [0.1, 0.15) is 0 Å². The van der Waals surface area contributed by atoms with Gasteiger partial charge in [-0.15, -0.1) is 12.4 Å². The normalized spacial score (nSPS) is 11.5. The van der Waals surface area contributed by atoms with Crippen molar-refractivity contribution in [2.45, 2.75) is 12.5 Å². The molecule has 0 unspecified atom stereocenters.